The Morgan fingerprint density at radius 1 is 0.935 bits per heavy atom. The van der Waals surface area contributed by atoms with Crippen LogP contribution < -0.4 is 10.4 Å². The summed E-state index contributed by atoms with van der Waals surface area (Å²) in [6.45, 7) is 0.987. The van der Waals surface area contributed by atoms with Gasteiger partial charge in [-0.3, -0.25) is 19.3 Å². The Morgan fingerprint density at radius 3 is 2.52 bits per heavy atom. The summed E-state index contributed by atoms with van der Waals surface area (Å²) in [5, 5.41) is 1.89. The number of amides is 1. The first-order chi connectivity index (χ1) is 15.0. The maximum atomic E-state index is 14.2. The highest BCUT2D eigenvalue weighted by Crippen LogP contribution is 2.34. The lowest BCUT2D eigenvalue weighted by molar-refractivity contribution is -0.0193. The zero-order valence-electron chi connectivity index (χ0n) is 16.4. The number of halogens is 2. The fourth-order valence-corrected chi connectivity index (χ4v) is 4.28. The molecule has 1 fully saturated rings. The van der Waals surface area contributed by atoms with E-state index in [2.05, 4.69) is 0 Å². The van der Waals surface area contributed by atoms with Gasteiger partial charge in [0.2, 0.25) is 0 Å². The highest BCUT2D eigenvalue weighted by Gasteiger charge is 2.43. The average Bonchev–Trinajstić information content (AvgIpc) is 2.79. The number of ether oxygens (including phenoxy) is 1. The van der Waals surface area contributed by atoms with Crippen molar-refractivity contribution in [1.29, 1.82) is 0 Å². The highest BCUT2D eigenvalue weighted by molar-refractivity contribution is 5.94. The molecule has 0 radical (unpaired) electrons. The number of rotatable bonds is 3. The van der Waals surface area contributed by atoms with Crippen LogP contribution in [0.15, 0.2) is 71.7 Å². The van der Waals surface area contributed by atoms with E-state index in [9.17, 15) is 18.4 Å². The average molecular weight is 423 g/mol. The van der Waals surface area contributed by atoms with Crippen LogP contribution in [0.1, 0.15) is 27.7 Å². The minimum Gasteiger partial charge on any atom is -0.375 e. The first-order valence-electron chi connectivity index (χ1n) is 9.94. The van der Waals surface area contributed by atoms with Gasteiger partial charge in [-0.15, -0.1) is 0 Å². The molecule has 2 aliphatic heterocycles. The van der Waals surface area contributed by atoms with E-state index in [0.29, 0.717) is 18.7 Å². The lowest BCUT2D eigenvalue weighted by Crippen LogP contribution is -2.66. The summed E-state index contributed by atoms with van der Waals surface area (Å²) in [6.07, 6.45) is 1.05. The molecule has 0 saturated carbocycles. The van der Waals surface area contributed by atoms with Gasteiger partial charge in [0.15, 0.2) is 17.1 Å². The molecule has 2 aromatic carbocycles. The summed E-state index contributed by atoms with van der Waals surface area (Å²) in [7, 11) is 0. The largest absolute Gasteiger partial charge is 0.375 e. The van der Waals surface area contributed by atoms with Gasteiger partial charge in [0.25, 0.3) is 5.91 Å². The molecular weight excluding hydrogens is 404 g/mol. The standard InChI is InChI=1S/C23H19F2N3O3/c24-18-7-6-16(12-19(18)25)22(15-4-2-1-3-5-15)28-21-14-31-11-10-26(21)23(30)20-13-17(29)8-9-27(20)28/h1-9,12-13,21-22H,10-11,14H2/t21-,22+/m1/s1. The van der Waals surface area contributed by atoms with Crippen molar-refractivity contribution in [2.75, 3.05) is 24.8 Å². The Hall–Kier alpha value is -3.52. The first-order valence-corrected chi connectivity index (χ1v) is 9.94. The van der Waals surface area contributed by atoms with Crippen LogP contribution in [0.3, 0.4) is 0 Å². The SMILES string of the molecule is O=C1c2cc(=O)ccn2N([C@@H](c2ccccc2)c2ccc(F)c(F)c2)[C@@H]2COCCN12. The quantitative estimate of drug-likeness (QED) is 0.650. The molecule has 0 bridgehead atoms. The van der Waals surface area contributed by atoms with Crippen molar-refractivity contribution in [3.05, 3.63) is 106 Å². The van der Waals surface area contributed by atoms with Gasteiger partial charge in [-0.2, -0.15) is 0 Å². The Balaban J connectivity index is 1.76. The van der Waals surface area contributed by atoms with E-state index in [1.807, 2.05) is 35.3 Å². The van der Waals surface area contributed by atoms with E-state index < -0.39 is 23.8 Å². The van der Waals surface area contributed by atoms with Crippen molar-refractivity contribution in [3.63, 3.8) is 0 Å². The summed E-state index contributed by atoms with van der Waals surface area (Å²) in [4.78, 5) is 26.8. The van der Waals surface area contributed by atoms with E-state index in [-0.39, 0.29) is 23.6 Å². The molecule has 0 unspecified atom stereocenters. The normalized spacial score (nSPS) is 19.0. The number of hydrogen-bond acceptors (Lipinski definition) is 4. The smallest absolute Gasteiger partial charge is 0.274 e. The molecule has 0 N–H and O–H groups in total. The van der Waals surface area contributed by atoms with Crippen molar-refractivity contribution in [1.82, 2.24) is 9.58 Å². The second kappa shape index (κ2) is 7.63. The molecule has 0 aliphatic carbocycles. The van der Waals surface area contributed by atoms with Crippen molar-refractivity contribution in [3.8, 4) is 0 Å². The number of carbonyl (C=O) groups is 1. The van der Waals surface area contributed by atoms with E-state index in [0.717, 1.165) is 11.6 Å². The van der Waals surface area contributed by atoms with Crippen LogP contribution in [-0.2, 0) is 4.74 Å². The number of morpholine rings is 1. The molecule has 1 aromatic heterocycles. The zero-order chi connectivity index (χ0) is 21.5. The third kappa shape index (κ3) is 3.29. The Labute approximate surface area is 176 Å². The molecule has 3 aromatic rings. The topological polar surface area (TPSA) is 54.8 Å². The second-order valence-corrected chi connectivity index (χ2v) is 7.51. The lowest BCUT2D eigenvalue weighted by atomic mass is 9.96. The van der Waals surface area contributed by atoms with Crippen LogP contribution in [0, 0.1) is 11.6 Å². The fourth-order valence-electron chi connectivity index (χ4n) is 4.28. The first kappa shape index (κ1) is 19.4. The van der Waals surface area contributed by atoms with Crippen LogP contribution in [0.25, 0.3) is 0 Å². The minimum absolute atomic E-state index is 0.217. The van der Waals surface area contributed by atoms with Crippen LogP contribution >= 0.6 is 0 Å². The molecule has 1 amide bonds. The van der Waals surface area contributed by atoms with Gasteiger partial charge in [-0.05, 0) is 23.3 Å². The summed E-state index contributed by atoms with van der Waals surface area (Å²) in [5.74, 6) is -2.15. The number of hydrogen-bond donors (Lipinski definition) is 0. The van der Waals surface area contributed by atoms with Gasteiger partial charge >= 0.3 is 0 Å². The molecule has 31 heavy (non-hydrogen) atoms. The Bertz CT molecular complexity index is 1200. The summed E-state index contributed by atoms with van der Waals surface area (Å²) in [5.41, 5.74) is 1.26. The second-order valence-electron chi connectivity index (χ2n) is 7.51. The van der Waals surface area contributed by atoms with Crippen LogP contribution in [0.5, 0.6) is 0 Å². The molecule has 3 heterocycles. The van der Waals surface area contributed by atoms with E-state index >= 15 is 0 Å². The number of pyridine rings is 1. The van der Waals surface area contributed by atoms with Gasteiger partial charge in [-0.1, -0.05) is 36.4 Å². The maximum absolute atomic E-state index is 14.2. The molecule has 0 spiro atoms. The maximum Gasteiger partial charge on any atom is 0.274 e. The molecule has 2 atom stereocenters. The number of carbonyl (C=O) groups excluding carboxylic acids is 1. The number of nitrogens with zero attached hydrogens (tertiary/aromatic N) is 3. The van der Waals surface area contributed by atoms with Gasteiger partial charge in [-0.25, -0.2) is 8.78 Å². The monoisotopic (exact) mass is 423 g/mol. The molecule has 1 saturated heterocycles. The highest BCUT2D eigenvalue weighted by atomic mass is 19.2. The van der Waals surface area contributed by atoms with E-state index in [1.54, 1.807) is 9.58 Å². The third-order valence-corrected chi connectivity index (χ3v) is 5.68. The summed E-state index contributed by atoms with van der Waals surface area (Å²) < 4.78 is 35.2. The van der Waals surface area contributed by atoms with Crippen molar-refractivity contribution in [2.24, 2.45) is 0 Å². The minimum atomic E-state index is -0.955. The summed E-state index contributed by atoms with van der Waals surface area (Å²) >= 11 is 0. The van der Waals surface area contributed by atoms with Gasteiger partial charge < -0.3 is 9.64 Å². The van der Waals surface area contributed by atoms with Crippen molar-refractivity contribution >= 4 is 5.91 Å². The third-order valence-electron chi connectivity index (χ3n) is 5.68. The summed E-state index contributed by atoms with van der Waals surface area (Å²) in [6, 6.07) is 15.3. The van der Waals surface area contributed by atoms with E-state index in [1.165, 1.54) is 30.5 Å². The molecule has 158 valence electrons. The predicted octanol–water partition coefficient (Wildman–Crippen LogP) is 2.67. The molecule has 5 rings (SSSR count). The molecule has 6 nitrogen and oxygen atoms in total. The zero-order valence-corrected chi connectivity index (χ0v) is 16.4. The predicted molar refractivity (Wildman–Crippen MR) is 109 cm³/mol. The number of aromatic nitrogens is 1. The Morgan fingerprint density at radius 2 is 1.74 bits per heavy atom. The molecule has 2 aliphatic rings. The van der Waals surface area contributed by atoms with Crippen molar-refractivity contribution < 1.29 is 18.3 Å². The molecular formula is C23H19F2N3O3. The fraction of sp³-hybridized carbons (Fsp3) is 0.217. The van der Waals surface area contributed by atoms with E-state index in [4.69, 9.17) is 4.74 Å². The van der Waals surface area contributed by atoms with Crippen LogP contribution in [0.4, 0.5) is 8.78 Å². The Kier molecular flexibility index (Phi) is 4.78. The van der Waals surface area contributed by atoms with Crippen LogP contribution in [-0.4, -0.2) is 41.4 Å². The van der Waals surface area contributed by atoms with Crippen molar-refractivity contribution in [2.45, 2.75) is 12.2 Å². The number of benzene rings is 2. The van der Waals surface area contributed by atoms with Crippen LogP contribution in [0.2, 0.25) is 0 Å². The van der Waals surface area contributed by atoms with Gasteiger partial charge in [0.1, 0.15) is 11.9 Å². The number of fused-ring (bicyclic) bond motifs is 2. The molecule has 8 heteroatoms. The lowest BCUT2D eigenvalue weighted by Gasteiger charge is -2.51. The van der Waals surface area contributed by atoms with Gasteiger partial charge in [0.05, 0.1) is 19.3 Å². The van der Waals surface area contributed by atoms with Gasteiger partial charge in [0, 0.05) is 24.9 Å².